The molecule has 0 aliphatic rings. The Kier molecular flexibility index (Phi) is 2.32. The van der Waals surface area contributed by atoms with Gasteiger partial charge >= 0.3 is 9.52 Å². The van der Waals surface area contributed by atoms with Gasteiger partial charge in [-0.05, 0) is 31.9 Å². The third-order valence-electron chi connectivity index (χ3n) is 0.223. The summed E-state index contributed by atoms with van der Waals surface area (Å²) in [6.07, 6.45) is 0. The molecule has 0 heterocycles. The lowest BCUT2D eigenvalue weighted by Crippen LogP contribution is -2.11. The maximum absolute atomic E-state index is 11.6. The topological polar surface area (TPSA) is 17.1 Å². The van der Waals surface area contributed by atoms with Crippen molar-refractivity contribution >= 4 is 37.9 Å². The van der Waals surface area contributed by atoms with Crippen LogP contribution in [0.2, 0.25) is 0 Å². The second kappa shape index (κ2) is 2.17. The van der Waals surface area contributed by atoms with Crippen molar-refractivity contribution in [1.82, 2.24) is 0 Å². The molecule has 0 bridgehead atoms. The summed E-state index contributed by atoms with van der Waals surface area (Å²) in [5, 5.41) is 0. The molecule has 7 heavy (non-hydrogen) atoms. The van der Waals surface area contributed by atoms with Gasteiger partial charge in [0.1, 0.15) is 0 Å². The molecule has 5 heteroatoms. The fourth-order valence-electron chi connectivity index (χ4n) is 0. The minimum atomic E-state index is -2.68. The summed E-state index contributed by atoms with van der Waals surface area (Å²) in [7, 11) is 0. The minimum absolute atomic E-state index is 2.07. The van der Waals surface area contributed by atoms with Crippen LogP contribution in [0.15, 0.2) is 0 Å². The molecule has 0 radical (unpaired) electrons. The van der Waals surface area contributed by atoms with Gasteiger partial charge in [0.15, 0.2) is 0 Å². The van der Waals surface area contributed by atoms with Gasteiger partial charge in [-0.1, -0.05) is 0 Å². The van der Waals surface area contributed by atoms with E-state index in [0.29, 0.717) is 0 Å². The highest BCUT2D eigenvalue weighted by atomic mass is 79.9. The predicted octanol–water partition coefficient (Wildman–Crippen LogP) is 1.90. The molecule has 0 saturated carbocycles. The van der Waals surface area contributed by atoms with Crippen molar-refractivity contribution in [3.05, 3.63) is 0 Å². The van der Waals surface area contributed by atoms with Crippen LogP contribution in [0.1, 0.15) is 0 Å². The Labute approximate surface area is 55.3 Å². The maximum atomic E-state index is 11.6. The summed E-state index contributed by atoms with van der Waals surface area (Å²) in [5.74, 6) is 0. The maximum Gasteiger partial charge on any atom is 0.360 e. The average molecular weight is 238 g/mol. The molecule has 0 saturated heterocycles. The van der Waals surface area contributed by atoms with E-state index in [1.54, 1.807) is 0 Å². The second-order valence-electron chi connectivity index (χ2n) is 0.771. The predicted molar refractivity (Wildman–Crippen MR) is 27.8 cm³/mol. The molecule has 0 aromatic rings. The van der Waals surface area contributed by atoms with Crippen LogP contribution in [0, 0.1) is 0 Å². The lowest BCUT2D eigenvalue weighted by molar-refractivity contribution is -0.132. The number of hydrogen-bond donors (Lipinski definition) is 0. The molecule has 0 aliphatic carbocycles. The number of alkyl halides is 3. The first-order valence-corrected chi connectivity index (χ1v) is 2.80. The fraction of sp³-hybridized carbons (Fsp3) is 0.500. The zero-order valence-electron chi connectivity index (χ0n) is 2.92. The first kappa shape index (κ1) is 7.49. The Bertz CT molecular complexity index is 86.2. The SMILES string of the molecule is O=C(F)C(F)(Br)Br. The first-order valence-electron chi connectivity index (χ1n) is 1.21. The summed E-state index contributed by atoms with van der Waals surface area (Å²) in [4.78, 5) is 9.33. The van der Waals surface area contributed by atoms with Crippen LogP contribution < -0.4 is 0 Å². The van der Waals surface area contributed by atoms with Gasteiger partial charge in [0.05, 0.1) is 0 Å². The van der Waals surface area contributed by atoms with Crippen LogP contribution in [-0.2, 0) is 4.79 Å². The highest BCUT2D eigenvalue weighted by Crippen LogP contribution is 2.28. The molecule has 0 aliphatic heterocycles. The fourth-order valence-corrected chi connectivity index (χ4v) is 0. The van der Waals surface area contributed by atoms with E-state index in [0.717, 1.165) is 0 Å². The summed E-state index contributed by atoms with van der Waals surface area (Å²) >= 11 is 4.14. The van der Waals surface area contributed by atoms with Crippen molar-refractivity contribution in [2.45, 2.75) is 3.49 Å². The van der Waals surface area contributed by atoms with Gasteiger partial charge in [0, 0.05) is 0 Å². The van der Waals surface area contributed by atoms with Gasteiger partial charge in [0.25, 0.3) is 0 Å². The monoisotopic (exact) mass is 236 g/mol. The van der Waals surface area contributed by atoms with Crippen molar-refractivity contribution in [1.29, 1.82) is 0 Å². The Morgan fingerprint density at radius 2 is 1.71 bits per heavy atom. The molecule has 0 rings (SSSR count). The average Bonchev–Trinajstić information content (AvgIpc) is 1.31. The van der Waals surface area contributed by atoms with Crippen molar-refractivity contribution < 1.29 is 13.6 Å². The number of hydrogen-bond acceptors (Lipinski definition) is 1. The van der Waals surface area contributed by atoms with E-state index >= 15 is 0 Å². The van der Waals surface area contributed by atoms with Crippen molar-refractivity contribution in [2.24, 2.45) is 0 Å². The molecule has 0 amide bonds. The molecule has 0 fully saturated rings. The van der Waals surface area contributed by atoms with Crippen molar-refractivity contribution in [2.75, 3.05) is 0 Å². The number of halogens is 4. The lowest BCUT2D eigenvalue weighted by atomic mass is 10.8. The molecule has 0 unspecified atom stereocenters. The van der Waals surface area contributed by atoms with Crippen molar-refractivity contribution in [3.63, 3.8) is 0 Å². The van der Waals surface area contributed by atoms with Crippen LogP contribution in [0.4, 0.5) is 8.78 Å². The van der Waals surface area contributed by atoms with E-state index in [-0.39, 0.29) is 0 Å². The number of rotatable bonds is 1. The molecule has 0 spiro atoms. The Hall–Kier alpha value is 0.490. The number of carbonyl (C=O) groups excluding carboxylic acids is 1. The molecular formula is C2Br2F2O. The standard InChI is InChI=1S/C2Br2F2O/c3-2(4,6)1(5)7. The van der Waals surface area contributed by atoms with E-state index in [9.17, 15) is 13.6 Å². The summed E-state index contributed by atoms with van der Waals surface area (Å²) in [6.45, 7) is 0. The van der Waals surface area contributed by atoms with Crippen LogP contribution in [0.3, 0.4) is 0 Å². The highest BCUT2D eigenvalue weighted by Gasteiger charge is 2.31. The third kappa shape index (κ3) is 3.11. The number of carbonyl (C=O) groups is 1. The highest BCUT2D eigenvalue weighted by molar-refractivity contribution is 9.25. The van der Waals surface area contributed by atoms with Crippen LogP contribution in [-0.4, -0.2) is 9.52 Å². The van der Waals surface area contributed by atoms with Gasteiger partial charge in [-0.15, -0.1) is 0 Å². The zero-order valence-corrected chi connectivity index (χ0v) is 6.09. The molecule has 42 valence electrons. The second-order valence-corrected chi connectivity index (χ2v) is 4.02. The normalized spacial score (nSPS) is 11.4. The Balaban J connectivity index is 3.79. The minimum Gasteiger partial charge on any atom is -0.255 e. The molecule has 0 aromatic carbocycles. The van der Waals surface area contributed by atoms with Gasteiger partial charge in [-0.2, -0.15) is 4.39 Å². The van der Waals surface area contributed by atoms with E-state index in [2.05, 4.69) is 31.9 Å². The zero-order chi connectivity index (χ0) is 6.08. The van der Waals surface area contributed by atoms with Crippen molar-refractivity contribution in [3.8, 4) is 0 Å². The third-order valence-corrected chi connectivity index (χ3v) is 0.846. The van der Waals surface area contributed by atoms with Gasteiger partial charge in [-0.25, -0.2) is 4.39 Å². The Morgan fingerprint density at radius 1 is 1.57 bits per heavy atom. The summed E-state index contributed by atoms with van der Waals surface area (Å²) in [6, 6.07) is -2.09. The summed E-state index contributed by atoms with van der Waals surface area (Å²) in [5.41, 5.74) is 0. The lowest BCUT2D eigenvalue weighted by Gasteiger charge is -1.96. The Morgan fingerprint density at radius 3 is 1.71 bits per heavy atom. The first-order chi connectivity index (χ1) is 2.94. The van der Waals surface area contributed by atoms with E-state index in [4.69, 9.17) is 0 Å². The van der Waals surface area contributed by atoms with Crippen LogP contribution >= 0.6 is 31.9 Å². The summed E-state index contributed by atoms with van der Waals surface area (Å²) < 4.78 is 20.0. The molecule has 0 N–H and O–H groups in total. The smallest absolute Gasteiger partial charge is 0.255 e. The molecule has 1 nitrogen and oxygen atoms in total. The van der Waals surface area contributed by atoms with E-state index in [1.807, 2.05) is 0 Å². The van der Waals surface area contributed by atoms with Gasteiger partial charge in [0.2, 0.25) is 0 Å². The molecule has 0 aromatic heterocycles. The van der Waals surface area contributed by atoms with E-state index < -0.39 is 9.52 Å². The van der Waals surface area contributed by atoms with Gasteiger partial charge < -0.3 is 0 Å². The van der Waals surface area contributed by atoms with Crippen LogP contribution in [0.5, 0.6) is 0 Å². The largest absolute Gasteiger partial charge is 0.360 e. The molecular weight excluding hydrogens is 238 g/mol. The quantitative estimate of drug-likeness (QED) is 0.503. The van der Waals surface area contributed by atoms with E-state index in [1.165, 1.54) is 0 Å². The molecule has 0 atom stereocenters. The van der Waals surface area contributed by atoms with Crippen LogP contribution in [0.25, 0.3) is 0 Å². The van der Waals surface area contributed by atoms with Gasteiger partial charge in [-0.3, -0.25) is 4.79 Å².